The molecule has 4 rings (SSSR count). The number of hydrogen-bond acceptors (Lipinski definition) is 10. The predicted octanol–water partition coefficient (Wildman–Crippen LogP) is -7.17. The maximum atomic E-state index is 13.1. The normalized spacial score (nSPS) is 14.7. The molecule has 3 aromatic rings. The van der Waals surface area contributed by atoms with Crippen LogP contribution in [0.25, 0.3) is 11.8 Å². The predicted molar refractivity (Wildman–Crippen MR) is 132 cm³/mol. The number of anilines is 1. The number of carbonyl (C=O) groups is 1. The molecule has 1 aliphatic heterocycles. The van der Waals surface area contributed by atoms with Crippen molar-refractivity contribution in [3.05, 3.63) is 77.0 Å². The number of amides is 1. The molecule has 0 aliphatic carbocycles. The van der Waals surface area contributed by atoms with E-state index < -0.39 is 41.8 Å². The average Bonchev–Trinajstić information content (AvgIpc) is 3.30. The Morgan fingerprint density at radius 2 is 1.29 bits per heavy atom. The fourth-order valence-corrected chi connectivity index (χ4v) is 4.76. The van der Waals surface area contributed by atoms with Crippen LogP contribution in [0.15, 0.2) is 80.6 Å². The van der Waals surface area contributed by atoms with Crippen molar-refractivity contribution < 1.29 is 125 Å². The molecule has 0 unspecified atom stereocenters. The minimum Gasteiger partial charge on any atom is -0.858 e. The Morgan fingerprint density at radius 3 is 1.76 bits per heavy atom. The van der Waals surface area contributed by atoms with Gasteiger partial charge in [0.2, 0.25) is 0 Å². The van der Waals surface area contributed by atoms with Crippen LogP contribution in [-0.2, 0) is 25.0 Å². The number of hydrogen-bond donors (Lipinski definition) is 0. The Morgan fingerprint density at radius 1 is 0.829 bits per heavy atom. The van der Waals surface area contributed by atoms with E-state index in [9.17, 15) is 35.8 Å². The van der Waals surface area contributed by atoms with Gasteiger partial charge in [-0.05, 0) is 80.8 Å². The van der Waals surface area contributed by atoms with Crippen molar-refractivity contribution in [1.82, 2.24) is 9.78 Å². The summed E-state index contributed by atoms with van der Waals surface area (Å²) in [6.45, 7) is 4.89. The van der Waals surface area contributed by atoms with E-state index in [0.29, 0.717) is 17.0 Å². The first-order valence-electron chi connectivity index (χ1n) is 10.9. The number of aromatic nitrogens is 2. The van der Waals surface area contributed by atoms with E-state index in [0.717, 1.165) is 34.0 Å². The Labute approximate surface area is 303 Å². The zero-order chi connectivity index (χ0) is 28.0. The van der Waals surface area contributed by atoms with Gasteiger partial charge in [-0.25, -0.2) is 21.5 Å². The third-order valence-corrected chi connectivity index (χ3v) is 7.41. The average molecular weight is 625 g/mol. The second-order valence-corrected chi connectivity index (χ2v) is 11.1. The van der Waals surface area contributed by atoms with Crippen LogP contribution in [0.5, 0.6) is 5.88 Å². The summed E-state index contributed by atoms with van der Waals surface area (Å²) in [4.78, 5) is 12.2. The van der Waals surface area contributed by atoms with Crippen molar-refractivity contribution in [1.29, 1.82) is 0 Å². The van der Waals surface area contributed by atoms with Crippen LogP contribution >= 0.6 is 0 Å². The van der Waals surface area contributed by atoms with Gasteiger partial charge in [0, 0.05) is 5.56 Å². The Balaban J connectivity index is 0.00000280. The van der Waals surface area contributed by atoms with Crippen LogP contribution in [0.2, 0.25) is 0 Å². The van der Waals surface area contributed by atoms with Crippen LogP contribution in [0, 0.1) is 6.92 Å². The van der Waals surface area contributed by atoms with Gasteiger partial charge in [-0.15, -0.1) is 0 Å². The van der Waals surface area contributed by atoms with Gasteiger partial charge in [0.15, 0.2) is 0 Å². The molecule has 1 aliphatic rings. The third kappa shape index (κ3) is 8.29. The number of benzene rings is 2. The van der Waals surface area contributed by atoms with Crippen molar-refractivity contribution in [3.8, 4) is 11.6 Å². The van der Waals surface area contributed by atoms with Gasteiger partial charge in [-0.1, -0.05) is 12.2 Å². The van der Waals surface area contributed by atoms with Gasteiger partial charge >= 0.3 is 88.7 Å². The Hall–Kier alpha value is -1.11. The molecule has 198 valence electrons. The standard InChI is InChI=1S/C24H22N4O8S2.3Na/c1-14(22-16(3)26-28(24(22)30)18-7-11-20(12-8-18)38(34,35)36)4-13-21-15(2)25-27(23(21)29)17-5-9-19(10-6-17)37(31,32)33;;;/h4-13,29H,1-3H3,(H,31,32,33)(H,34,35,36);;;/q;3*+1/p-3/b13-4+,22-14-;;;. The number of rotatable bonds is 6. The minimum absolute atomic E-state index is 0. The first-order valence-corrected chi connectivity index (χ1v) is 13.7. The molecule has 0 saturated carbocycles. The summed E-state index contributed by atoms with van der Waals surface area (Å²) in [6, 6.07) is 9.55. The molecule has 0 radical (unpaired) electrons. The van der Waals surface area contributed by atoms with E-state index >= 15 is 0 Å². The summed E-state index contributed by atoms with van der Waals surface area (Å²) >= 11 is 0. The van der Waals surface area contributed by atoms with E-state index in [1.807, 2.05) is 0 Å². The number of allylic oxidation sites excluding steroid dienone is 2. The molecule has 0 atom stereocenters. The molecule has 2 aromatic carbocycles. The molecule has 0 N–H and O–H groups in total. The van der Waals surface area contributed by atoms with Crippen LogP contribution < -0.4 is 98.8 Å². The molecule has 12 nitrogen and oxygen atoms in total. The van der Waals surface area contributed by atoms with Gasteiger partial charge in [0.05, 0.1) is 38.1 Å². The minimum atomic E-state index is -4.63. The number of nitrogens with zero attached hydrogens (tertiary/aromatic N) is 4. The van der Waals surface area contributed by atoms with E-state index in [1.165, 1.54) is 30.3 Å². The first kappa shape index (κ1) is 37.9. The fraction of sp³-hybridized carbons (Fsp3) is 0.125. The van der Waals surface area contributed by atoms with Crippen LogP contribution in [-0.4, -0.2) is 47.3 Å². The zero-order valence-electron chi connectivity index (χ0n) is 23.1. The van der Waals surface area contributed by atoms with Gasteiger partial charge in [0.1, 0.15) is 20.2 Å². The fourth-order valence-electron chi connectivity index (χ4n) is 3.82. The monoisotopic (exact) mass is 624 g/mol. The third-order valence-electron chi connectivity index (χ3n) is 5.71. The van der Waals surface area contributed by atoms with Crippen LogP contribution in [0.3, 0.4) is 0 Å². The molecule has 0 spiro atoms. The smallest absolute Gasteiger partial charge is 0.858 e. The second kappa shape index (κ2) is 14.6. The topological polar surface area (TPSA) is 188 Å². The summed E-state index contributed by atoms with van der Waals surface area (Å²) in [6.07, 6.45) is 3.06. The summed E-state index contributed by atoms with van der Waals surface area (Å²) in [5.74, 6) is -0.974. The maximum Gasteiger partial charge on any atom is 1.00 e. The number of hydrazone groups is 1. The molecular formula is C24H19N4Na3O8S2. The van der Waals surface area contributed by atoms with Crippen molar-refractivity contribution in [2.24, 2.45) is 5.10 Å². The van der Waals surface area contributed by atoms with E-state index in [2.05, 4.69) is 10.2 Å². The summed E-state index contributed by atoms with van der Waals surface area (Å²) in [5, 5.41) is 22.5. The van der Waals surface area contributed by atoms with Crippen molar-refractivity contribution in [2.45, 2.75) is 30.6 Å². The summed E-state index contributed by atoms with van der Waals surface area (Å²) in [5.41, 5.74) is 2.30. The van der Waals surface area contributed by atoms with Crippen molar-refractivity contribution in [3.63, 3.8) is 0 Å². The first-order chi connectivity index (χ1) is 17.7. The molecule has 41 heavy (non-hydrogen) atoms. The van der Waals surface area contributed by atoms with Gasteiger partial charge in [0.25, 0.3) is 5.91 Å². The molecule has 1 amide bonds. The van der Waals surface area contributed by atoms with E-state index in [-0.39, 0.29) is 111 Å². The molecule has 1 aromatic heterocycles. The van der Waals surface area contributed by atoms with Crippen molar-refractivity contribution >= 4 is 43.6 Å². The molecule has 0 bridgehead atoms. The number of carbonyl (C=O) groups excluding carboxylic acids is 1. The summed E-state index contributed by atoms with van der Waals surface area (Å²) in [7, 11) is -9.26. The molecule has 0 fully saturated rings. The van der Waals surface area contributed by atoms with Crippen molar-refractivity contribution in [2.75, 3.05) is 5.01 Å². The summed E-state index contributed by atoms with van der Waals surface area (Å²) < 4.78 is 67.9. The molecule has 17 heteroatoms. The molecule has 0 saturated heterocycles. The quantitative estimate of drug-likeness (QED) is 0.146. The Kier molecular flexibility index (Phi) is 13.5. The largest absolute Gasteiger partial charge is 1.00 e. The second-order valence-electron chi connectivity index (χ2n) is 8.31. The number of aryl methyl sites for hydroxylation is 1. The molecule has 2 heterocycles. The van der Waals surface area contributed by atoms with Gasteiger partial charge in [-0.2, -0.15) is 15.2 Å². The van der Waals surface area contributed by atoms with Crippen LogP contribution in [0.4, 0.5) is 5.69 Å². The van der Waals surface area contributed by atoms with Gasteiger partial charge in [-0.3, -0.25) is 4.79 Å². The van der Waals surface area contributed by atoms with Crippen LogP contribution in [0.1, 0.15) is 25.1 Å². The Bertz CT molecular complexity index is 1770. The maximum absolute atomic E-state index is 13.1. The van der Waals surface area contributed by atoms with Gasteiger partial charge < -0.3 is 14.2 Å². The SMILES string of the molecule is CC1=NN(c2ccc(S(=O)(=O)[O-])cc2)C(=O)/C1=C(C)\C=C\c1c(C)nn(-c2ccc(S(=O)(=O)[O-])cc2)c1[O-].[Na+].[Na+].[Na+]. The van der Waals surface area contributed by atoms with E-state index in [1.54, 1.807) is 26.8 Å². The molecular weight excluding hydrogens is 605 g/mol. The van der Waals surface area contributed by atoms with E-state index in [4.69, 9.17) is 0 Å². The zero-order valence-corrected chi connectivity index (χ0v) is 30.8.